The summed E-state index contributed by atoms with van der Waals surface area (Å²) in [7, 11) is 1.64. The van der Waals surface area contributed by atoms with Gasteiger partial charge < -0.3 is 9.64 Å². The lowest BCUT2D eigenvalue weighted by molar-refractivity contribution is -0.131. The molecule has 2 unspecified atom stereocenters. The number of carbonyl (C=O) groups excluding carboxylic acids is 1. The van der Waals surface area contributed by atoms with Gasteiger partial charge in [-0.1, -0.05) is 6.07 Å². The first-order chi connectivity index (χ1) is 10.3. The highest BCUT2D eigenvalue weighted by molar-refractivity contribution is 5.76. The van der Waals surface area contributed by atoms with E-state index in [1.165, 1.54) is 0 Å². The van der Waals surface area contributed by atoms with Gasteiger partial charge in [0.25, 0.3) is 0 Å². The molecule has 1 amide bonds. The lowest BCUT2D eigenvalue weighted by atomic mass is 10.0. The second-order valence-corrected chi connectivity index (χ2v) is 6.08. The standard InChI is InChI=1S/C16H23N3O2/c1-21-7-5-16(20)19-10-13-8-18(9-14(13)11-19)12-15-4-2-3-6-17-15/h2-4,6,13-14H,5,7-12H2,1H3. The van der Waals surface area contributed by atoms with Gasteiger partial charge in [-0.15, -0.1) is 0 Å². The number of ether oxygens (including phenoxy) is 1. The van der Waals surface area contributed by atoms with Gasteiger partial charge in [-0.25, -0.2) is 0 Å². The fourth-order valence-electron chi connectivity index (χ4n) is 3.49. The maximum absolute atomic E-state index is 12.0. The first-order valence-corrected chi connectivity index (χ1v) is 7.65. The highest BCUT2D eigenvalue weighted by Crippen LogP contribution is 2.31. The van der Waals surface area contributed by atoms with Crippen molar-refractivity contribution in [3.63, 3.8) is 0 Å². The maximum Gasteiger partial charge on any atom is 0.224 e. The van der Waals surface area contributed by atoms with Crippen molar-refractivity contribution in [1.29, 1.82) is 0 Å². The van der Waals surface area contributed by atoms with Crippen LogP contribution in [0.25, 0.3) is 0 Å². The van der Waals surface area contributed by atoms with Crippen LogP contribution < -0.4 is 0 Å². The Morgan fingerprint density at radius 3 is 2.67 bits per heavy atom. The minimum atomic E-state index is 0.238. The molecule has 0 aliphatic carbocycles. The van der Waals surface area contributed by atoms with Crippen LogP contribution >= 0.6 is 0 Å². The second-order valence-electron chi connectivity index (χ2n) is 6.08. The number of likely N-dealkylation sites (tertiary alicyclic amines) is 2. The zero-order valence-electron chi connectivity index (χ0n) is 12.6. The van der Waals surface area contributed by atoms with E-state index in [-0.39, 0.29) is 5.91 Å². The predicted molar refractivity (Wildman–Crippen MR) is 79.6 cm³/mol. The lowest BCUT2D eigenvalue weighted by Gasteiger charge is -2.21. The number of amides is 1. The SMILES string of the molecule is COCCC(=O)N1CC2CN(Cc3ccccn3)CC2C1. The monoisotopic (exact) mass is 289 g/mol. The van der Waals surface area contributed by atoms with Crippen molar-refractivity contribution >= 4 is 5.91 Å². The Balaban J connectivity index is 1.49. The van der Waals surface area contributed by atoms with Crippen molar-refractivity contribution in [2.45, 2.75) is 13.0 Å². The van der Waals surface area contributed by atoms with Crippen LogP contribution in [0.1, 0.15) is 12.1 Å². The molecule has 0 saturated carbocycles. The summed E-state index contributed by atoms with van der Waals surface area (Å²) >= 11 is 0. The Hall–Kier alpha value is -1.46. The molecule has 2 fully saturated rings. The van der Waals surface area contributed by atoms with E-state index in [0.29, 0.717) is 24.9 Å². The molecule has 2 aliphatic heterocycles. The Kier molecular flexibility index (Phi) is 4.51. The molecule has 0 aromatic carbocycles. The second kappa shape index (κ2) is 6.54. The number of methoxy groups -OCH3 is 1. The Morgan fingerprint density at radius 1 is 1.29 bits per heavy atom. The third-order valence-corrected chi connectivity index (χ3v) is 4.55. The number of carbonyl (C=O) groups is 1. The highest BCUT2D eigenvalue weighted by atomic mass is 16.5. The van der Waals surface area contributed by atoms with E-state index in [4.69, 9.17) is 4.74 Å². The third-order valence-electron chi connectivity index (χ3n) is 4.55. The van der Waals surface area contributed by atoms with Crippen molar-refractivity contribution in [3.05, 3.63) is 30.1 Å². The number of aromatic nitrogens is 1. The number of fused-ring (bicyclic) bond motifs is 1. The van der Waals surface area contributed by atoms with Gasteiger partial charge in [0.15, 0.2) is 0 Å². The van der Waals surface area contributed by atoms with Crippen LogP contribution in [-0.2, 0) is 16.1 Å². The Morgan fingerprint density at radius 2 is 2.05 bits per heavy atom. The van der Waals surface area contributed by atoms with Gasteiger partial charge in [-0.3, -0.25) is 14.7 Å². The van der Waals surface area contributed by atoms with E-state index >= 15 is 0 Å². The molecule has 2 atom stereocenters. The number of nitrogens with zero attached hydrogens (tertiary/aromatic N) is 3. The molecule has 114 valence electrons. The Labute approximate surface area is 125 Å². The van der Waals surface area contributed by atoms with Crippen LogP contribution in [0, 0.1) is 11.8 Å². The van der Waals surface area contributed by atoms with Gasteiger partial charge in [0.1, 0.15) is 0 Å². The fraction of sp³-hybridized carbons (Fsp3) is 0.625. The predicted octanol–water partition coefficient (Wildman–Crippen LogP) is 1.01. The molecular formula is C16H23N3O2. The summed E-state index contributed by atoms with van der Waals surface area (Å²) in [6, 6.07) is 6.07. The molecule has 5 nitrogen and oxygen atoms in total. The van der Waals surface area contributed by atoms with Crippen LogP contribution in [0.3, 0.4) is 0 Å². The summed E-state index contributed by atoms with van der Waals surface area (Å²) in [5, 5.41) is 0. The summed E-state index contributed by atoms with van der Waals surface area (Å²) in [5.74, 6) is 1.49. The van der Waals surface area contributed by atoms with Gasteiger partial charge in [0, 0.05) is 46.0 Å². The zero-order valence-corrected chi connectivity index (χ0v) is 12.6. The van der Waals surface area contributed by atoms with Crippen molar-refractivity contribution in [2.75, 3.05) is 39.9 Å². The van der Waals surface area contributed by atoms with Crippen LogP contribution in [0.2, 0.25) is 0 Å². The molecule has 0 spiro atoms. The van der Waals surface area contributed by atoms with E-state index < -0.39 is 0 Å². The Bertz CT molecular complexity index is 466. The molecular weight excluding hydrogens is 266 g/mol. The first-order valence-electron chi connectivity index (χ1n) is 7.65. The average molecular weight is 289 g/mol. The highest BCUT2D eigenvalue weighted by Gasteiger charge is 2.41. The number of rotatable bonds is 5. The minimum Gasteiger partial charge on any atom is -0.384 e. The maximum atomic E-state index is 12.0. The molecule has 2 saturated heterocycles. The summed E-state index contributed by atoms with van der Waals surface area (Å²) in [6.07, 6.45) is 2.36. The number of hydrogen-bond donors (Lipinski definition) is 0. The quantitative estimate of drug-likeness (QED) is 0.811. The molecule has 0 bridgehead atoms. The van der Waals surface area contributed by atoms with Crippen molar-refractivity contribution < 1.29 is 9.53 Å². The summed E-state index contributed by atoms with van der Waals surface area (Å²) in [5.41, 5.74) is 1.13. The van der Waals surface area contributed by atoms with Gasteiger partial charge in [0.2, 0.25) is 5.91 Å². The topological polar surface area (TPSA) is 45.7 Å². The smallest absolute Gasteiger partial charge is 0.224 e. The molecule has 1 aromatic rings. The normalized spacial score (nSPS) is 25.3. The van der Waals surface area contributed by atoms with Crippen LogP contribution in [0.15, 0.2) is 24.4 Å². The van der Waals surface area contributed by atoms with Gasteiger partial charge in [0.05, 0.1) is 18.7 Å². The first kappa shape index (κ1) is 14.5. The van der Waals surface area contributed by atoms with E-state index in [0.717, 1.165) is 38.4 Å². The van der Waals surface area contributed by atoms with Crippen LogP contribution in [-0.4, -0.2) is 60.6 Å². The molecule has 5 heteroatoms. The summed E-state index contributed by atoms with van der Waals surface area (Å²) in [6.45, 7) is 5.42. The van der Waals surface area contributed by atoms with Gasteiger partial charge in [-0.2, -0.15) is 0 Å². The number of hydrogen-bond acceptors (Lipinski definition) is 4. The van der Waals surface area contributed by atoms with E-state index in [2.05, 4.69) is 16.0 Å². The fourth-order valence-corrected chi connectivity index (χ4v) is 3.49. The largest absolute Gasteiger partial charge is 0.384 e. The molecule has 3 heterocycles. The van der Waals surface area contributed by atoms with Crippen molar-refractivity contribution in [1.82, 2.24) is 14.8 Å². The van der Waals surface area contributed by atoms with E-state index in [9.17, 15) is 4.79 Å². The molecule has 3 rings (SSSR count). The molecule has 21 heavy (non-hydrogen) atoms. The average Bonchev–Trinajstić information content (AvgIpc) is 3.04. The van der Waals surface area contributed by atoms with E-state index in [1.54, 1.807) is 7.11 Å². The summed E-state index contributed by atoms with van der Waals surface area (Å²) < 4.78 is 4.99. The molecule has 0 radical (unpaired) electrons. The molecule has 2 aliphatic rings. The molecule has 1 aromatic heterocycles. The third kappa shape index (κ3) is 3.41. The van der Waals surface area contributed by atoms with E-state index in [1.807, 2.05) is 23.2 Å². The van der Waals surface area contributed by atoms with Gasteiger partial charge >= 0.3 is 0 Å². The molecule has 0 N–H and O–H groups in total. The minimum absolute atomic E-state index is 0.238. The zero-order chi connectivity index (χ0) is 14.7. The van der Waals surface area contributed by atoms with Crippen molar-refractivity contribution in [2.24, 2.45) is 11.8 Å². The summed E-state index contributed by atoms with van der Waals surface area (Å²) in [4.78, 5) is 20.9. The van der Waals surface area contributed by atoms with Crippen LogP contribution in [0.4, 0.5) is 0 Å². The van der Waals surface area contributed by atoms with Crippen molar-refractivity contribution in [3.8, 4) is 0 Å². The van der Waals surface area contributed by atoms with Gasteiger partial charge in [-0.05, 0) is 24.0 Å². The lowest BCUT2D eigenvalue weighted by Crippen LogP contribution is -2.33. The van der Waals surface area contributed by atoms with Crippen LogP contribution in [0.5, 0.6) is 0 Å². The number of pyridine rings is 1.